The lowest BCUT2D eigenvalue weighted by molar-refractivity contribution is 0.101. The molecule has 4 nitrogen and oxygen atoms in total. The Balaban J connectivity index is 2.17. The summed E-state index contributed by atoms with van der Waals surface area (Å²) in [4.78, 5) is 15.9. The van der Waals surface area contributed by atoms with Gasteiger partial charge in [-0.05, 0) is 38.1 Å². The summed E-state index contributed by atoms with van der Waals surface area (Å²) in [5.41, 5.74) is 10.1. The number of aryl methyl sites for hydroxylation is 1. The standard InChI is InChI=1S/C16H14N2O2/c1-9-3-5-11(6-4-9)16-18-14-8-12(10(2)19)7-13(17)15(14)20-16/h3-8H,17H2,1-2H3. The summed E-state index contributed by atoms with van der Waals surface area (Å²) in [7, 11) is 0. The Hall–Kier alpha value is -2.62. The van der Waals surface area contributed by atoms with Crippen LogP contribution in [0.1, 0.15) is 22.8 Å². The highest BCUT2D eigenvalue weighted by Crippen LogP contribution is 2.29. The summed E-state index contributed by atoms with van der Waals surface area (Å²) in [5, 5.41) is 0. The number of oxazole rings is 1. The smallest absolute Gasteiger partial charge is 0.227 e. The number of ketones is 1. The normalized spacial score (nSPS) is 10.9. The fourth-order valence-corrected chi connectivity index (χ4v) is 2.08. The molecule has 0 aliphatic heterocycles. The number of Topliss-reactive ketones (excluding diaryl/α,β-unsaturated/α-hetero) is 1. The SMILES string of the molecule is CC(=O)c1cc(N)c2oc(-c3ccc(C)cc3)nc2c1. The van der Waals surface area contributed by atoms with E-state index in [-0.39, 0.29) is 5.78 Å². The number of hydrogen-bond donors (Lipinski definition) is 1. The van der Waals surface area contributed by atoms with E-state index in [4.69, 9.17) is 10.2 Å². The third-order valence-corrected chi connectivity index (χ3v) is 3.22. The third-order valence-electron chi connectivity index (χ3n) is 3.22. The molecule has 3 aromatic rings. The van der Waals surface area contributed by atoms with E-state index >= 15 is 0 Å². The number of nitrogen functional groups attached to an aromatic ring is 1. The Kier molecular flexibility index (Phi) is 2.79. The second-order valence-corrected chi connectivity index (χ2v) is 4.85. The molecule has 0 atom stereocenters. The topological polar surface area (TPSA) is 69.1 Å². The first-order valence-corrected chi connectivity index (χ1v) is 6.32. The quantitative estimate of drug-likeness (QED) is 0.568. The molecule has 0 bridgehead atoms. The number of fused-ring (bicyclic) bond motifs is 1. The molecular weight excluding hydrogens is 252 g/mol. The lowest BCUT2D eigenvalue weighted by Crippen LogP contribution is -1.95. The van der Waals surface area contributed by atoms with Gasteiger partial charge in [0.1, 0.15) is 5.52 Å². The summed E-state index contributed by atoms with van der Waals surface area (Å²) in [6.45, 7) is 3.52. The van der Waals surface area contributed by atoms with Crippen LogP contribution in [0.3, 0.4) is 0 Å². The second kappa shape index (κ2) is 4.49. The molecule has 2 aromatic carbocycles. The van der Waals surface area contributed by atoms with Crippen LogP contribution in [0.4, 0.5) is 5.69 Å². The zero-order valence-corrected chi connectivity index (χ0v) is 11.3. The fourth-order valence-electron chi connectivity index (χ4n) is 2.08. The van der Waals surface area contributed by atoms with Crippen molar-refractivity contribution in [3.63, 3.8) is 0 Å². The number of rotatable bonds is 2. The number of carbonyl (C=O) groups excluding carboxylic acids is 1. The summed E-state index contributed by atoms with van der Waals surface area (Å²) in [6.07, 6.45) is 0. The van der Waals surface area contributed by atoms with Crippen molar-refractivity contribution in [2.24, 2.45) is 0 Å². The maximum Gasteiger partial charge on any atom is 0.227 e. The van der Waals surface area contributed by atoms with Gasteiger partial charge >= 0.3 is 0 Å². The lowest BCUT2D eigenvalue weighted by Gasteiger charge is -1.97. The van der Waals surface area contributed by atoms with Crippen LogP contribution in [0.15, 0.2) is 40.8 Å². The van der Waals surface area contributed by atoms with Gasteiger partial charge < -0.3 is 10.2 Å². The van der Waals surface area contributed by atoms with Gasteiger partial charge in [0.2, 0.25) is 5.89 Å². The van der Waals surface area contributed by atoms with Gasteiger partial charge in [-0.2, -0.15) is 0 Å². The zero-order chi connectivity index (χ0) is 14.3. The van der Waals surface area contributed by atoms with Crippen molar-refractivity contribution in [2.45, 2.75) is 13.8 Å². The molecule has 0 unspecified atom stereocenters. The van der Waals surface area contributed by atoms with E-state index in [0.29, 0.717) is 28.2 Å². The van der Waals surface area contributed by atoms with Crippen molar-refractivity contribution in [1.82, 2.24) is 4.98 Å². The molecule has 0 fully saturated rings. The predicted molar refractivity (Wildman–Crippen MR) is 78.6 cm³/mol. The van der Waals surface area contributed by atoms with Gasteiger partial charge in [-0.3, -0.25) is 4.79 Å². The van der Waals surface area contributed by atoms with Crippen LogP contribution in [0.5, 0.6) is 0 Å². The van der Waals surface area contributed by atoms with Crippen molar-refractivity contribution in [1.29, 1.82) is 0 Å². The van der Waals surface area contributed by atoms with Gasteiger partial charge in [-0.15, -0.1) is 0 Å². The van der Waals surface area contributed by atoms with Gasteiger partial charge in [-0.25, -0.2) is 4.98 Å². The summed E-state index contributed by atoms with van der Waals surface area (Å²) in [5.74, 6) is 0.464. The predicted octanol–water partition coefficient (Wildman–Crippen LogP) is 3.59. The molecule has 0 spiro atoms. The van der Waals surface area contributed by atoms with Crippen LogP contribution in [-0.2, 0) is 0 Å². The Labute approximate surface area is 116 Å². The molecule has 2 N–H and O–H groups in total. The minimum atomic E-state index is -0.0431. The second-order valence-electron chi connectivity index (χ2n) is 4.85. The first-order valence-electron chi connectivity index (χ1n) is 6.32. The molecule has 0 saturated carbocycles. The van der Waals surface area contributed by atoms with Gasteiger partial charge in [-0.1, -0.05) is 17.7 Å². The Morgan fingerprint density at radius 1 is 1.20 bits per heavy atom. The van der Waals surface area contributed by atoms with Gasteiger partial charge in [0.15, 0.2) is 11.4 Å². The Morgan fingerprint density at radius 3 is 2.55 bits per heavy atom. The number of carbonyl (C=O) groups is 1. The summed E-state index contributed by atoms with van der Waals surface area (Å²) in [6, 6.07) is 11.2. The molecule has 3 rings (SSSR count). The van der Waals surface area contributed by atoms with Crippen molar-refractivity contribution in [3.05, 3.63) is 47.5 Å². The minimum absolute atomic E-state index is 0.0431. The van der Waals surface area contributed by atoms with Crippen molar-refractivity contribution >= 4 is 22.6 Å². The Bertz CT molecular complexity index is 801. The monoisotopic (exact) mass is 266 g/mol. The molecule has 4 heteroatoms. The summed E-state index contributed by atoms with van der Waals surface area (Å²) >= 11 is 0. The van der Waals surface area contributed by atoms with Crippen LogP contribution < -0.4 is 5.73 Å². The molecule has 0 aliphatic carbocycles. The highest BCUT2D eigenvalue weighted by molar-refractivity contribution is 6.00. The number of hydrogen-bond acceptors (Lipinski definition) is 4. The number of nitrogens with zero attached hydrogens (tertiary/aromatic N) is 1. The van der Waals surface area contributed by atoms with Gasteiger partial charge in [0, 0.05) is 11.1 Å². The average molecular weight is 266 g/mol. The van der Waals surface area contributed by atoms with Crippen LogP contribution in [0.25, 0.3) is 22.6 Å². The first kappa shape index (κ1) is 12.4. The molecule has 1 aromatic heterocycles. The third kappa shape index (κ3) is 2.05. The van der Waals surface area contributed by atoms with E-state index in [9.17, 15) is 4.79 Å². The largest absolute Gasteiger partial charge is 0.434 e. The van der Waals surface area contributed by atoms with E-state index in [0.717, 1.165) is 5.56 Å². The molecule has 0 aliphatic rings. The van der Waals surface area contributed by atoms with Crippen molar-refractivity contribution in [2.75, 3.05) is 5.73 Å². The first-order chi connectivity index (χ1) is 9.54. The van der Waals surface area contributed by atoms with Gasteiger partial charge in [0.25, 0.3) is 0 Å². The molecule has 0 radical (unpaired) electrons. The molecule has 1 heterocycles. The number of aromatic nitrogens is 1. The van der Waals surface area contributed by atoms with E-state index in [1.807, 2.05) is 31.2 Å². The van der Waals surface area contributed by atoms with Crippen LogP contribution in [-0.4, -0.2) is 10.8 Å². The lowest BCUT2D eigenvalue weighted by atomic mass is 10.1. The highest BCUT2D eigenvalue weighted by atomic mass is 16.3. The molecule has 0 amide bonds. The van der Waals surface area contributed by atoms with Crippen molar-refractivity contribution in [3.8, 4) is 11.5 Å². The highest BCUT2D eigenvalue weighted by Gasteiger charge is 2.13. The van der Waals surface area contributed by atoms with Crippen molar-refractivity contribution < 1.29 is 9.21 Å². The maximum atomic E-state index is 11.4. The van der Waals surface area contributed by atoms with Crippen LogP contribution in [0.2, 0.25) is 0 Å². The number of anilines is 1. The number of benzene rings is 2. The van der Waals surface area contributed by atoms with E-state index in [2.05, 4.69) is 4.98 Å². The van der Waals surface area contributed by atoms with E-state index in [1.165, 1.54) is 12.5 Å². The molecule has 100 valence electrons. The van der Waals surface area contributed by atoms with E-state index < -0.39 is 0 Å². The minimum Gasteiger partial charge on any atom is -0.434 e. The molecular formula is C16H14N2O2. The molecule has 20 heavy (non-hydrogen) atoms. The van der Waals surface area contributed by atoms with E-state index in [1.54, 1.807) is 12.1 Å². The zero-order valence-electron chi connectivity index (χ0n) is 11.3. The number of nitrogens with two attached hydrogens (primary N) is 1. The van der Waals surface area contributed by atoms with Gasteiger partial charge in [0.05, 0.1) is 5.69 Å². The Morgan fingerprint density at radius 2 is 1.90 bits per heavy atom. The van der Waals surface area contributed by atoms with Crippen LogP contribution >= 0.6 is 0 Å². The average Bonchev–Trinajstić information content (AvgIpc) is 2.84. The maximum absolute atomic E-state index is 11.4. The molecule has 0 saturated heterocycles. The summed E-state index contributed by atoms with van der Waals surface area (Å²) < 4.78 is 5.71. The fraction of sp³-hybridized carbons (Fsp3) is 0.125. The van der Waals surface area contributed by atoms with Crippen LogP contribution in [0, 0.1) is 6.92 Å².